The third-order valence-electron chi connectivity index (χ3n) is 2.98. The van der Waals surface area contributed by atoms with Gasteiger partial charge in [0.05, 0.1) is 6.54 Å². The second-order valence-electron chi connectivity index (χ2n) is 4.90. The topological polar surface area (TPSA) is 32.3 Å². The maximum Gasteiger partial charge on any atom is 0.234 e. The molecule has 0 fully saturated rings. The first-order valence-corrected chi connectivity index (χ1v) is 8.52. The van der Waals surface area contributed by atoms with Crippen molar-refractivity contribution >= 4 is 17.7 Å². The zero-order valence-electron chi connectivity index (χ0n) is 12.9. The van der Waals surface area contributed by atoms with Gasteiger partial charge in [0.25, 0.3) is 0 Å². The van der Waals surface area contributed by atoms with Gasteiger partial charge in [0.15, 0.2) is 0 Å². The van der Waals surface area contributed by atoms with Crippen molar-refractivity contribution in [3.63, 3.8) is 0 Å². The second-order valence-corrected chi connectivity index (χ2v) is 6.04. The van der Waals surface area contributed by atoms with Crippen LogP contribution in [0.5, 0.6) is 0 Å². The Labute approximate surface area is 131 Å². The van der Waals surface area contributed by atoms with Gasteiger partial charge in [0, 0.05) is 23.7 Å². The minimum atomic E-state index is -0.176. The fourth-order valence-electron chi connectivity index (χ4n) is 1.96. The maximum absolute atomic E-state index is 13.5. The number of benzene rings is 1. The highest BCUT2D eigenvalue weighted by Gasteiger charge is 2.10. The molecule has 0 unspecified atom stereocenters. The molecule has 5 heteroatoms. The summed E-state index contributed by atoms with van der Waals surface area (Å²) < 4.78 is 13.5. The molecule has 0 saturated heterocycles. The minimum Gasteiger partial charge on any atom is -0.355 e. The van der Waals surface area contributed by atoms with Crippen LogP contribution in [0, 0.1) is 5.82 Å². The molecule has 1 rings (SSSR count). The predicted molar refractivity (Wildman–Crippen MR) is 87.2 cm³/mol. The number of halogens is 1. The molecule has 21 heavy (non-hydrogen) atoms. The van der Waals surface area contributed by atoms with Gasteiger partial charge in [-0.3, -0.25) is 9.69 Å². The molecular weight excluding hydrogens is 287 g/mol. The van der Waals surface area contributed by atoms with Gasteiger partial charge in [0.2, 0.25) is 5.91 Å². The van der Waals surface area contributed by atoms with Crippen LogP contribution >= 0.6 is 11.8 Å². The summed E-state index contributed by atoms with van der Waals surface area (Å²) in [6.45, 7) is 6.95. The van der Waals surface area contributed by atoms with E-state index in [1.807, 2.05) is 13.0 Å². The lowest BCUT2D eigenvalue weighted by Gasteiger charge is -2.20. The number of hydrogen-bond acceptors (Lipinski definition) is 3. The molecule has 118 valence electrons. The van der Waals surface area contributed by atoms with Gasteiger partial charge in [0.1, 0.15) is 5.82 Å². The first-order valence-electron chi connectivity index (χ1n) is 7.53. The lowest BCUT2D eigenvalue weighted by atomic mass is 10.3. The number of rotatable bonds is 10. The van der Waals surface area contributed by atoms with E-state index in [0.29, 0.717) is 11.4 Å². The largest absolute Gasteiger partial charge is 0.355 e. The van der Waals surface area contributed by atoms with Gasteiger partial charge < -0.3 is 5.32 Å². The Morgan fingerprint density at radius 2 is 2.00 bits per heavy atom. The van der Waals surface area contributed by atoms with Crippen molar-refractivity contribution in [2.24, 2.45) is 0 Å². The van der Waals surface area contributed by atoms with E-state index >= 15 is 0 Å². The molecule has 0 saturated carbocycles. The molecule has 1 N–H and O–H groups in total. The van der Waals surface area contributed by atoms with Gasteiger partial charge in [-0.1, -0.05) is 26.0 Å². The highest BCUT2D eigenvalue weighted by Crippen LogP contribution is 2.20. The standard InChI is InChI=1S/C16H25FN2OS/c1-3-9-18-16(20)13-19(10-4-2)11-12-21-15-8-6-5-7-14(15)17/h5-8H,3-4,9-13H2,1-2H3,(H,18,20). The van der Waals surface area contributed by atoms with Crippen LogP contribution in [-0.4, -0.2) is 42.7 Å². The Morgan fingerprint density at radius 3 is 2.67 bits per heavy atom. The van der Waals surface area contributed by atoms with E-state index in [1.165, 1.54) is 17.8 Å². The number of carbonyl (C=O) groups excluding carboxylic acids is 1. The van der Waals surface area contributed by atoms with Crippen molar-refractivity contribution < 1.29 is 9.18 Å². The monoisotopic (exact) mass is 312 g/mol. The van der Waals surface area contributed by atoms with Crippen molar-refractivity contribution in [3.8, 4) is 0 Å². The van der Waals surface area contributed by atoms with E-state index in [2.05, 4.69) is 17.1 Å². The zero-order chi connectivity index (χ0) is 15.5. The molecule has 1 amide bonds. The van der Waals surface area contributed by atoms with Crippen molar-refractivity contribution in [1.82, 2.24) is 10.2 Å². The van der Waals surface area contributed by atoms with Crippen molar-refractivity contribution in [2.75, 3.05) is 31.9 Å². The lowest BCUT2D eigenvalue weighted by molar-refractivity contribution is -0.122. The summed E-state index contributed by atoms with van der Waals surface area (Å²) in [6.07, 6.45) is 1.95. The minimum absolute atomic E-state index is 0.0705. The molecule has 0 aliphatic carbocycles. The van der Waals surface area contributed by atoms with Gasteiger partial charge in [-0.05, 0) is 31.5 Å². The maximum atomic E-state index is 13.5. The van der Waals surface area contributed by atoms with Gasteiger partial charge in [-0.15, -0.1) is 11.8 Å². The van der Waals surface area contributed by atoms with E-state index in [0.717, 1.165) is 38.2 Å². The molecule has 0 aliphatic heterocycles. The van der Waals surface area contributed by atoms with E-state index < -0.39 is 0 Å². The Hall–Kier alpha value is -1.07. The summed E-state index contributed by atoms with van der Waals surface area (Å²) in [4.78, 5) is 14.5. The van der Waals surface area contributed by atoms with Gasteiger partial charge in [-0.25, -0.2) is 4.39 Å². The van der Waals surface area contributed by atoms with Crippen LogP contribution in [-0.2, 0) is 4.79 Å². The molecule has 0 aromatic heterocycles. The Morgan fingerprint density at radius 1 is 1.24 bits per heavy atom. The molecule has 1 aromatic carbocycles. The van der Waals surface area contributed by atoms with Crippen molar-refractivity contribution in [1.29, 1.82) is 0 Å². The normalized spacial score (nSPS) is 10.9. The first kappa shape index (κ1) is 18.0. The van der Waals surface area contributed by atoms with E-state index in [9.17, 15) is 9.18 Å². The summed E-state index contributed by atoms with van der Waals surface area (Å²) in [5.41, 5.74) is 0. The summed E-state index contributed by atoms with van der Waals surface area (Å²) in [7, 11) is 0. The Bertz CT molecular complexity index is 428. The Kier molecular flexibility index (Phi) is 9.10. The lowest BCUT2D eigenvalue weighted by Crippen LogP contribution is -2.39. The average molecular weight is 312 g/mol. The average Bonchev–Trinajstić information content (AvgIpc) is 2.47. The number of nitrogens with zero attached hydrogens (tertiary/aromatic N) is 1. The number of nitrogens with one attached hydrogen (secondary N) is 1. The second kappa shape index (κ2) is 10.6. The van der Waals surface area contributed by atoms with E-state index in [1.54, 1.807) is 12.1 Å². The van der Waals surface area contributed by atoms with E-state index in [-0.39, 0.29) is 11.7 Å². The molecule has 3 nitrogen and oxygen atoms in total. The van der Waals surface area contributed by atoms with Crippen LogP contribution in [0.25, 0.3) is 0 Å². The third kappa shape index (κ3) is 7.48. The van der Waals surface area contributed by atoms with Crippen LogP contribution in [0.4, 0.5) is 4.39 Å². The molecule has 1 aromatic rings. The number of thioether (sulfide) groups is 1. The predicted octanol–water partition coefficient (Wildman–Crippen LogP) is 3.16. The molecule has 0 atom stereocenters. The van der Waals surface area contributed by atoms with Crippen LogP contribution in [0.15, 0.2) is 29.2 Å². The number of carbonyl (C=O) groups is 1. The van der Waals surface area contributed by atoms with Crippen LogP contribution in [0.2, 0.25) is 0 Å². The van der Waals surface area contributed by atoms with Crippen LogP contribution < -0.4 is 5.32 Å². The quantitative estimate of drug-likeness (QED) is 0.674. The summed E-state index contributed by atoms with van der Waals surface area (Å²) in [5, 5.41) is 2.89. The SMILES string of the molecule is CCCNC(=O)CN(CCC)CCSc1ccccc1F. The third-order valence-corrected chi connectivity index (χ3v) is 4.01. The molecule has 0 spiro atoms. The van der Waals surface area contributed by atoms with Crippen molar-refractivity contribution in [2.45, 2.75) is 31.6 Å². The summed E-state index contributed by atoms with van der Waals surface area (Å²) in [6, 6.07) is 6.80. The molecule has 0 heterocycles. The van der Waals surface area contributed by atoms with Crippen molar-refractivity contribution in [3.05, 3.63) is 30.1 Å². The molecule has 0 aliphatic rings. The Balaban J connectivity index is 2.37. The summed E-state index contributed by atoms with van der Waals surface area (Å²) in [5.74, 6) is 0.675. The van der Waals surface area contributed by atoms with Crippen LogP contribution in [0.3, 0.4) is 0 Å². The van der Waals surface area contributed by atoms with E-state index in [4.69, 9.17) is 0 Å². The van der Waals surface area contributed by atoms with Gasteiger partial charge in [-0.2, -0.15) is 0 Å². The highest BCUT2D eigenvalue weighted by molar-refractivity contribution is 7.99. The number of hydrogen-bond donors (Lipinski definition) is 1. The zero-order valence-corrected chi connectivity index (χ0v) is 13.7. The van der Waals surface area contributed by atoms with Crippen LogP contribution in [0.1, 0.15) is 26.7 Å². The number of amides is 1. The van der Waals surface area contributed by atoms with Gasteiger partial charge >= 0.3 is 0 Å². The molecule has 0 radical (unpaired) electrons. The summed E-state index contributed by atoms with van der Waals surface area (Å²) >= 11 is 1.50. The highest BCUT2D eigenvalue weighted by atomic mass is 32.2. The first-order chi connectivity index (χ1) is 10.2. The molecular formula is C16H25FN2OS. The smallest absolute Gasteiger partial charge is 0.234 e. The fraction of sp³-hybridized carbons (Fsp3) is 0.562. The fourth-order valence-corrected chi connectivity index (χ4v) is 2.91. The molecule has 0 bridgehead atoms.